The van der Waals surface area contributed by atoms with Gasteiger partial charge in [0.2, 0.25) is 5.91 Å². The number of amides is 2. The zero-order valence-corrected chi connectivity index (χ0v) is 17.7. The number of nitrogens with two attached hydrogens (primary N) is 1. The fourth-order valence-electron chi connectivity index (χ4n) is 4.16. The lowest BCUT2D eigenvalue weighted by Gasteiger charge is -2.35. The summed E-state index contributed by atoms with van der Waals surface area (Å²) in [5.41, 5.74) is 6.32. The Morgan fingerprint density at radius 1 is 1.03 bits per heavy atom. The highest BCUT2D eigenvalue weighted by Crippen LogP contribution is 2.30. The van der Waals surface area contributed by atoms with Gasteiger partial charge >= 0.3 is 6.18 Å². The van der Waals surface area contributed by atoms with Crippen molar-refractivity contribution in [1.82, 2.24) is 10.6 Å². The molecule has 2 aromatic rings. The molecule has 0 aliphatic heterocycles. The Morgan fingerprint density at radius 3 is 2.50 bits per heavy atom. The second-order valence-electron chi connectivity index (χ2n) is 8.29. The number of rotatable bonds is 7. The summed E-state index contributed by atoms with van der Waals surface area (Å²) in [6.45, 7) is -0.303. The molecule has 3 unspecified atom stereocenters. The molecule has 172 valence electrons. The topological polar surface area (TPSA) is 84.2 Å². The molecule has 5 nitrogen and oxygen atoms in total. The molecule has 0 spiro atoms. The fraction of sp³-hybridized carbons (Fsp3) is 0.417. The molecule has 32 heavy (non-hydrogen) atoms. The van der Waals surface area contributed by atoms with Crippen molar-refractivity contribution in [2.24, 2.45) is 11.7 Å². The molecule has 0 bridgehead atoms. The molecule has 3 rings (SSSR count). The zero-order chi connectivity index (χ0) is 23.1. The number of benzene rings is 2. The van der Waals surface area contributed by atoms with Crippen LogP contribution in [0.3, 0.4) is 0 Å². The first kappa shape index (κ1) is 23.8. The van der Waals surface area contributed by atoms with Gasteiger partial charge in [0.25, 0.3) is 5.91 Å². The third-order valence-electron chi connectivity index (χ3n) is 5.88. The molecule has 1 fully saturated rings. The van der Waals surface area contributed by atoms with Crippen molar-refractivity contribution in [3.8, 4) is 0 Å². The molecular formula is C24H28F3N3O2. The van der Waals surface area contributed by atoms with Crippen LogP contribution < -0.4 is 16.4 Å². The van der Waals surface area contributed by atoms with Crippen molar-refractivity contribution in [1.29, 1.82) is 0 Å². The minimum Gasteiger partial charge on any atom is -0.352 e. The van der Waals surface area contributed by atoms with Crippen LogP contribution in [0.1, 0.15) is 47.2 Å². The van der Waals surface area contributed by atoms with Gasteiger partial charge in [-0.05, 0) is 61.8 Å². The number of carbonyl (C=O) groups excluding carboxylic acids is 2. The van der Waals surface area contributed by atoms with Gasteiger partial charge in [-0.25, -0.2) is 0 Å². The van der Waals surface area contributed by atoms with E-state index in [2.05, 4.69) is 22.8 Å². The monoisotopic (exact) mass is 447 g/mol. The van der Waals surface area contributed by atoms with E-state index < -0.39 is 17.6 Å². The van der Waals surface area contributed by atoms with Crippen molar-refractivity contribution in [3.05, 3.63) is 71.3 Å². The van der Waals surface area contributed by atoms with Gasteiger partial charge < -0.3 is 16.4 Å². The highest BCUT2D eigenvalue weighted by Gasteiger charge is 2.31. The molecule has 2 aromatic carbocycles. The molecule has 2 amide bonds. The summed E-state index contributed by atoms with van der Waals surface area (Å²) in [6.07, 6.45) is -0.383. The van der Waals surface area contributed by atoms with E-state index in [-0.39, 0.29) is 36.0 Å². The van der Waals surface area contributed by atoms with Crippen LogP contribution in [0.5, 0.6) is 0 Å². The Balaban J connectivity index is 1.52. The minimum absolute atomic E-state index is 0.0449. The number of carbonyl (C=O) groups is 2. The van der Waals surface area contributed by atoms with Crippen molar-refractivity contribution in [3.63, 3.8) is 0 Å². The molecule has 0 radical (unpaired) electrons. The molecule has 0 aromatic heterocycles. The second kappa shape index (κ2) is 10.6. The van der Waals surface area contributed by atoms with Crippen LogP contribution in [0.2, 0.25) is 0 Å². The zero-order valence-electron chi connectivity index (χ0n) is 17.7. The summed E-state index contributed by atoms with van der Waals surface area (Å²) in [5, 5.41) is 5.38. The van der Waals surface area contributed by atoms with Gasteiger partial charge in [0.1, 0.15) is 0 Å². The average Bonchev–Trinajstić information content (AvgIpc) is 2.78. The number of hydrogen-bond donors (Lipinski definition) is 3. The Kier molecular flexibility index (Phi) is 7.90. The predicted molar refractivity (Wildman–Crippen MR) is 116 cm³/mol. The first-order valence-corrected chi connectivity index (χ1v) is 10.8. The lowest BCUT2D eigenvalue weighted by atomic mass is 9.79. The van der Waals surface area contributed by atoms with Gasteiger partial charge in [0.05, 0.1) is 12.1 Å². The van der Waals surface area contributed by atoms with Gasteiger partial charge in [0, 0.05) is 17.6 Å². The molecule has 1 aliphatic carbocycles. The number of halogens is 3. The Bertz CT molecular complexity index is 918. The number of aryl methyl sites for hydroxylation is 1. The standard InChI is InChI=1S/C24H28F3N3O2/c25-24(26,27)19-8-4-7-18(13-19)23(32)29-15-22(31)30-21-12-11-20(28)14-17(21)10-9-16-5-2-1-3-6-16/h1-8,13,17,20-21H,9-12,14-15,28H2,(H,29,32)(H,30,31). The van der Waals surface area contributed by atoms with Crippen LogP contribution in [0.15, 0.2) is 54.6 Å². The molecule has 8 heteroatoms. The first-order valence-electron chi connectivity index (χ1n) is 10.8. The molecule has 3 atom stereocenters. The Hall–Kier alpha value is -2.87. The highest BCUT2D eigenvalue weighted by atomic mass is 19.4. The summed E-state index contributed by atoms with van der Waals surface area (Å²) in [6, 6.07) is 14.3. The van der Waals surface area contributed by atoms with Crippen molar-refractivity contribution in [2.45, 2.75) is 50.4 Å². The molecule has 0 saturated heterocycles. The second-order valence-corrected chi connectivity index (χ2v) is 8.29. The largest absolute Gasteiger partial charge is 0.416 e. The van der Waals surface area contributed by atoms with E-state index in [0.29, 0.717) is 0 Å². The van der Waals surface area contributed by atoms with Crippen LogP contribution in [-0.2, 0) is 17.4 Å². The molecule has 0 heterocycles. The lowest BCUT2D eigenvalue weighted by molar-refractivity contribution is -0.137. The van der Waals surface area contributed by atoms with Gasteiger partial charge in [0.15, 0.2) is 0 Å². The van der Waals surface area contributed by atoms with E-state index in [9.17, 15) is 22.8 Å². The maximum Gasteiger partial charge on any atom is 0.416 e. The Labute approximate surface area is 185 Å². The molecular weight excluding hydrogens is 419 g/mol. The van der Waals surface area contributed by atoms with Crippen LogP contribution in [-0.4, -0.2) is 30.4 Å². The van der Waals surface area contributed by atoms with Crippen LogP contribution in [0.4, 0.5) is 13.2 Å². The van der Waals surface area contributed by atoms with Gasteiger partial charge in [-0.15, -0.1) is 0 Å². The summed E-state index contributed by atoms with van der Waals surface area (Å²) in [5.74, 6) is -0.866. The molecule has 1 saturated carbocycles. The maximum absolute atomic E-state index is 12.8. The summed E-state index contributed by atoms with van der Waals surface area (Å²) in [7, 11) is 0. The SMILES string of the molecule is NC1CCC(NC(=O)CNC(=O)c2cccc(C(F)(F)F)c2)C(CCc2ccccc2)C1. The third kappa shape index (κ3) is 6.82. The smallest absolute Gasteiger partial charge is 0.352 e. The number of alkyl halides is 3. The van der Waals surface area contributed by atoms with Crippen molar-refractivity contribution < 1.29 is 22.8 Å². The van der Waals surface area contributed by atoms with E-state index in [4.69, 9.17) is 5.73 Å². The lowest BCUT2D eigenvalue weighted by Crippen LogP contribution is -2.49. The minimum atomic E-state index is -4.54. The van der Waals surface area contributed by atoms with Crippen LogP contribution in [0.25, 0.3) is 0 Å². The van der Waals surface area contributed by atoms with E-state index in [0.717, 1.165) is 44.2 Å². The van der Waals surface area contributed by atoms with E-state index >= 15 is 0 Å². The normalized spacial score (nSPS) is 21.1. The summed E-state index contributed by atoms with van der Waals surface area (Å²) >= 11 is 0. The Morgan fingerprint density at radius 2 is 1.78 bits per heavy atom. The van der Waals surface area contributed by atoms with E-state index in [1.807, 2.05) is 18.2 Å². The highest BCUT2D eigenvalue weighted by molar-refractivity contribution is 5.96. The average molecular weight is 448 g/mol. The van der Waals surface area contributed by atoms with Gasteiger partial charge in [-0.3, -0.25) is 9.59 Å². The van der Waals surface area contributed by atoms with E-state index in [1.165, 1.54) is 17.7 Å². The first-order chi connectivity index (χ1) is 15.2. The number of hydrogen-bond acceptors (Lipinski definition) is 3. The van der Waals surface area contributed by atoms with Crippen molar-refractivity contribution >= 4 is 11.8 Å². The predicted octanol–water partition coefficient (Wildman–Crippen LogP) is 3.68. The van der Waals surface area contributed by atoms with Crippen molar-refractivity contribution in [2.75, 3.05) is 6.54 Å². The summed E-state index contributed by atoms with van der Waals surface area (Å²) < 4.78 is 38.5. The third-order valence-corrected chi connectivity index (χ3v) is 5.88. The van der Waals surface area contributed by atoms with Gasteiger partial charge in [-0.1, -0.05) is 36.4 Å². The maximum atomic E-state index is 12.8. The van der Waals surface area contributed by atoms with E-state index in [1.54, 1.807) is 0 Å². The number of nitrogens with one attached hydrogen (secondary N) is 2. The molecule has 1 aliphatic rings. The quantitative estimate of drug-likeness (QED) is 0.606. The summed E-state index contributed by atoms with van der Waals surface area (Å²) in [4.78, 5) is 24.6. The van der Waals surface area contributed by atoms with Crippen LogP contribution >= 0.6 is 0 Å². The van der Waals surface area contributed by atoms with Gasteiger partial charge in [-0.2, -0.15) is 13.2 Å². The molecule has 4 N–H and O–H groups in total. The van der Waals surface area contributed by atoms with Crippen LogP contribution in [0, 0.1) is 5.92 Å². The fourth-order valence-corrected chi connectivity index (χ4v) is 4.16.